The largest absolute Gasteiger partial charge is 0.488 e. The van der Waals surface area contributed by atoms with Crippen LogP contribution < -0.4 is 15.4 Å². The van der Waals surface area contributed by atoms with Gasteiger partial charge in [0.05, 0.1) is 19.1 Å². The molecule has 2 atom stereocenters. The molecule has 0 radical (unpaired) electrons. The normalized spacial score (nSPS) is 24.4. The molecule has 0 aliphatic carbocycles. The van der Waals surface area contributed by atoms with Crippen LogP contribution in [-0.2, 0) is 9.53 Å². The van der Waals surface area contributed by atoms with Crippen molar-refractivity contribution in [1.29, 1.82) is 0 Å². The number of anilines is 1. The van der Waals surface area contributed by atoms with Crippen LogP contribution in [0.2, 0.25) is 0 Å². The molecule has 0 spiro atoms. The molecule has 0 saturated carbocycles. The quantitative estimate of drug-likeness (QED) is 0.890. The molecule has 3 rings (SSSR count). The minimum Gasteiger partial charge on any atom is -0.488 e. The van der Waals surface area contributed by atoms with Crippen LogP contribution in [0.1, 0.15) is 12.8 Å². The molecule has 5 nitrogen and oxygen atoms in total. The molecule has 2 aliphatic rings. The Balaban J connectivity index is 0.00000161. The van der Waals surface area contributed by atoms with Crippen LogP contribution >= 0.6 is 12.4 Å². The highest BCUT2D eigenvalue weighted by molar-refractivity contribution is 5.92. The fraction of sp³-hybridized carbons (Fsp3) is 0.533. The van der Waals surface area contributed by atoms with Gasteiger partial charge in [0.1, 0.15) is 11.9 Å². The number of carbonyl (C=O) groups excluding carboxylic acids is 1. The summed E-state index contributed by atoms with van der Waals surface area (Å²) < 4.78 is 11.1. The minimum atomic E-state index is 0. The highest BCUT2D eigenvalue weighted by Crippen LogP contribution is 2.20. The zero-order valence-corrected chi connectivity index (χ0v) is 12.7. The lowest BCUT2D eigenvalue weighted by Gasteiger charge is -2.13. The van der Waals surface area contributed by atoms with Crippen molar-refractivity contribution in [2.75, 3.05) is 31.6 Å². The third kappa shape index (κ3) is 4.33. The number of amides is 1. The van der Waals surface area contributed by atoms with Crippen molar-refractivity contribution >= 4 is 24.0 Å². The van der Waals surface area contributed by atoms with Crippen molar-refractivity contribution in [2.45, 2.75) is 18.9 Å². The molecule has 2 aliphatic heterocycles. The van der Waals surface area contributed by atoms with Crippen molar-refractivity contribution in [1.82, 2.24) is 5.32 Å². The molecule has 116 valence electrons. The Labute approximate surface area is 130 Å². The highest BCUT2D eigenvalue weighted by atomic mass is 35.5. The SMILES string of the molecule is Cl.O=C(Nc1ccc(OC2CCOC2)cc1)C1CCNC1. The van der Waals surface area contributed by atoms with Gasteiger partial charge in [0.15, 0.2) is 0 Å². The van der Waals surface area contributed by atoms with E-state index in [9.17, 15) is 4.79 Å². The van der Waals surface area contributed by atoms with Gasteiger partial charge in [-0.3, -0.25) is 4.79 Å². The summed E-state index contributed by atoms with van der Waals surface area (Å²) >= 11 is 0. The third-order valence-electron chi connectivity index (χ3n) is 3.74. The Morgan fingerprint density at radius 1 is 1.29 bits per heavy atom. The molecule has 21 heavy (non-hydrogen) atoms. The van der Waals surface area contributed by atoms with E-state index in [2.05, 4.69) is 10.6 Å². The second-order valence-corrected chi connectivity index (χ2v) is 5.31. The number of rotatable bonds is 4. The Morgan fingerprint density at radius 2 is 2.10 bits per heavy atom. The van der Waals surface area contributed by atoms with Crippen molar-refractivity contribution in [3.05, 3.63) is 24.3 Å². The summed E-state index contributed by atoms with van der Waals surface area (Å²) in [4.78, 5) is 12.0. The van der Waals surface area contributed by atoms with Gasteiger partial charge in [0.2, 0.25) is 5.91 Å². The summed E-state index contributed by atoms with van der Waals surface area (Å²) in [6.45, 7) is 3.13. The van der Waals surface area contributed by atoms with Gasteiger partial charge in [-0.1, -0.05) is 0 Å². The molecule has 2 N–H and O–H groups in total. The Morgan fingerprint density at radius 3 is 2.71 bits per heavy atom. The van der Waals surface area contributed by atoms with E-state index in [0.717, 1.165) is 44.0 Å². The van der Waals surface area contributed by atoms with E-state index >= 15 is 0 Å². The highest BCUT2D eigenvalue weighted by Gasteiger charge is 2.22. The van der Waals surface area contributed by atoms with E-state index < -0.39 is 0 Å². The van der Waals surface area contributed by atoms with Crippen molar-refractivity contribution in [3.8, 4) is 5.75 Å². The smallest absolute Gasteiger partial charge is 0.228 e. The van der Waals surface area contributed by atoms with Crippen LogP contribution in [0.5, 0.6) is 5.75 Å². The average Bonchev–Trinajstić information content (AvgIpc) is 3.13. The van der Waals surface area contributed by atoms with Crippen LogP contribution in [-0.4, -0.2) is 38.3 Å². The van der Waals surface area contributed by atoms with Crippen molar-refractivity contribution in [2.24, 2.45) is 5.92 Å². The molecule has 2 unspecified atom stereocenters. The monoisotopic (exact) mass is 312 g/mol. The van der Waals surface area contributed by atoms with E-state index in [-0.39, 0.29) is 30.3 Å². The molecule has 2 saturated heterocycles. The number of hydrogen-bond acceptors (Lipinski definition) is 4. The van der Waals surface area contributed by atoms with Gasteiger partial charge in [0.25, 0.3) is 0 Å². The van der Waals surface area contributed by atoms with Gasteiger partial charge in [-0.2, -0.15) is 0 Å². The first-order chi connectivity index (χ1) is 9.81. The summed E-state index contributed by atoms with van der Waals surface area (Å²) in [7, 11) is 0. The molecule has 1 amide bonds. The minimum absolute atomic E-state index is 0. The lowest BCUT2D eigenvalue weighted by molar-refractivity contribution is -0.119. The maximum atomic E-state index is 12.0. The zero-order chi connectivity index (χ0) is 13.8. The van der Waals surface area contributed by atoms with E-state index in [1.165, 1.54) is 0 Å². The number of benzene rings is 1. The maximum Gasteiger partial charge on any atom is 0.228 e. The number of hydrogen-bond donors (Lipinski definition) is 2. The van der Waals surface area contributed by atoms with E-state index in [1.54, 1.807) is 0 Å². The Kier molecular flexibility index (Phi) is 5.85. The van der Waals surface area contributed by atoms with Crippen LogP contribution in [0, 0.1) is 5.92 Å². The molecule has 0 bridgehead atoms. The maximum absolute atomic E-state index is 12.0. The van der Waals surface area contributed by atoms with E-state index in [1.807, 2.05) is 24.3 Å². The van der Waals surface area contributed by atoms with Crippen LogP contribution in [0.4, 0.5) is 5.69 Å². The van der Waals surface area contributed by atoms with Crippen LogP contribution in [0.15, 0.2) is 24.3 Å². The number of ether oxygens (including phenoxy) is 2. The molecule has 6 heteroatoms. The lowest BCUT2D eigenvalue weighted by Crippen LogP contribution is -2.24. The Bertz CT molecular complexity index is 454. The summed E-state index contributed by atoms with van der Waals surface area (Å²) in [6.07, 6.45) is 2.00. The third-order valence-corrected chi connectivity index (χ3v) is 3.74. The molecular weight excluding hydrogens is 292 g/mol. The first kappa shape index (κ1) is 16.1. The molecule has 1 aromatic rings. The molecule has 1 aromatic carbocycles. The molecule has 2 fully saturated rings. The fourth-order valence-corrected chi connectivity index (χ4v) is 2.54. The molecule has 2 heterocycles. The topological polar surface area (TPSA) is 59.6 Å². The van der Waals surface area contributed by atoms with Crippen molar-refractivity contribution in [3.63, 3.8) is 0 Å². The number of halogens is 1. The predicted molar refractivity (Wildman–Crippen MR) is 83.1 cm³/mol. The fourth-order valence-electron chi connectivity index (χ4n) is 2.54. The van der Waals surface area contributed by atoms with Gasteiger partial charge in [-0.05, 0) is 37.2 Å². The predicted octanol–water partition coefficient (Wildman–Crippen LogP) is 1.82. The first-order valence-corrected chi connectivity index (χ1v) is 7.17. The van der Waals surface area contributed by atoms with E-state index in [0.29, 0.717) is 6.61 Å². The summed E-state index contributed by atoms with van der Waals surface area (Å²) in [5.41, 5.74) is 0.817. The van der Waals surface area contributed by atoms with Gasteiger partial charge in [0, 0.05) is 18.7 Å². The standard InChI is InChI=1S/C15H20N2O3.ClH/c18-15(11-5-7-16-9-11)17-12-1-3-13(4-2-12)20-14-6-8-19-10-14;/h1-4,11,14,16H,5-10H2,(H,17,18);1H. The second kappa shape index (κ2) is 7.64. The van der Waals surface area contributed by atoms with E-state index in [4.69, 9.17) is 9.47 Å². The Hall–Kier alpha value is -1.30. The molecular formula is C15H21ClN2O3. The van der Waals surface area contributed by atoms with Gasteiger partial charge in [-0.15, -0.1) is 12.4 Å². The van der Waals surface area contributed by atoms with Crippen molar-refractivity contribution < 1.29 is 14.3 Å². The van der Waals surface area contributed by atoms with Gasteiger partial charge >= 0.3 is 0 Å². The summed E-state index contributed by atoms with van der Waals surface area (Å²) in [5, 5.41) is 6.14. The lowest BCUT2D eigenvalue weighted by atomic mass is 10.1. The van der Waals surface area contributed by atoms with Crippen LogP contribution in [0.3, 0.4) is 0 Å². The second-order valence-electron chi connectivity index (χ2n) is 5.31. The average molecular weight is 313 g/mol. The molecule has 0 aromatic heterocycles. The van der Waals surface area contributed by atoms with Gasteiger partial charge < -0.3 is 20.1 Å². The first-order valence-electron chi connectivity index (χ1n) is 7.17. The number of carbonyl (C=O) groups is 1. The van der Waals surface area contributed by atoms with Crippen LogP contribution in [0.25, 0.3) is 0 Å². The zero-order valence-electron chi connectivity index (χ0n) is 11.8. The summed E-state index contributed by atoms with van der Waals surface area (Å²) in [5.74, 6) is 0.996. The number of nitrogens with one attached hydrogen (secondary N) is 2. The van der Waals surface area contributed by atoms with Gasteiger partial charge in [-0.25, -0.2) is 0 Å². The summed E-state index contributed by atoms with van der Waals surface area (Å²) in [6, 6.07) is 7.54.